The zero-order valence-electron chi connectivity index (χ0n) is 15.7. The molecule has 2 heterocycles. The van der Waals surface area contributed by atoms with Crippen LogP contribution < -0.4 is 9.64 Å². The number of aliphatic hydroxyl groups excluding tert-OH is 1. The van der Waals surface area contributed by atoms with E-state index in [4.69, 9.17) is 14.7 Å². The van der Waals surface area contributed by atoms with Gasteiger partial charge in [-0.1, -0.05) is 12.8 Å². The van der Waals surface area contributed by atoms with Crippen LogP contribution in [-0.2, 0) is 0 Å². The first-order valence-electron chi connectivity index (χ1n) is 9.65. The minimum atomic E-state index is -0.165. The Morgan fingerprint density at radius 3 is 2.58 bits per heavy atom. The van der Waals surface area contributed by atoms with Gasteiger partial charge in [-0.2, -0.15) is 0 Å². The summed E-state index contributed by atoms with van der Waals surface area (Å²) in [5, 5.41) is 11.4. The Labute approximate surface area is 154 Å². The summed E-state index contributed by atoms with van der Waals surface area (Å²) >= 11 is 0. The van der Waals surface area contributed by atoms with Crippen molar-refractivity contribution in [3.63, 3.8) is 0 Å². The molecule has 2 fully saturated rings. The SMILES string of the molecule is COc1ccc2c(C)nc(N3CCN([C@H]4CCCC[C@@H]4O)CC3)nc2c1. The van der Waals surface area contributed by atoms with Crippen LogP contribution in [-0.4, -0.2) is 65.4 Å². The predicted octanol–water partition coefficient (Wildman–Crippen LogP) is 2.37. The number of hydrogen-bond acceptors (Lipinski definition) is 6. The van der Waals surface area contributed by atoms with Crippen molar-refractivity contribution < 1.29 is 9.84 Å². The molecule has 1 aliphatic heterocycles. The number of ether oxygens (including phenoxy) is 1. The summed E-state index contributed by atoms with van der Waals surface area (Å²) in [6.45, 7) is 5.76. The fourth-order valence-corrected chi connectivity index (χ4v) is 4.29. The zero-order valence-corrected chi connectivity index (χ0v) is 15.7. The van der Waals surface area contributed by atoms with Gasteiger partial charge in [0.25, 0.3) is 0 Å². The van der Waals surface area contributed by atoms with E-state index < -0.39 is 0 Å². The van der Waals surface area contributed by atoms with Gasteiger partial charge in [0.1, 0.15) is 5.75 Å². The third-order valence-corrected chi connectivity index (χ3v) is 5.84. The van der Waals surface area contributed by atoms with Crippen LogP contribution in [0.25, 0.3) is 10.9 Å². The summed E-state index contributed by atoms with van der Waals surface area (Å²) in [5.74, 6) is 1.62. The van der Waals surface area contributed by atoms with E-state index in [1.165, 1.54) is 6.42 Å². The molecule has 1 aromatic heterocycles. The molecule has 1 N–H and O–H groups in total. The molecule has 0 bridgehead atoms. The van der Waals surface area contributed by atoms with E-state index in [9.17, 15) is 5.11 Å². The van der Waals surface area contributed by atoms with Crippen LogP contribution in [0.15, 0.2) is 18.2 Å². The van der Waals surface area contributed by atoms with Crippen molar-refractivity contribution in [2.24, 2.45) is 0 Å². The minimum Gasteiger partial charge on any atom is -0.497 e. The molecule has 2 atom stereocenters. The zero-order chi connectivity index (χ0) is 18.1. The van der Waals surface area contributed by atoms with Gasteiger partial charge in [-0.3, -0.25) is 4.90 Å². The summed E-state index contributed by atoms with van der Waals surface area (Å²) < 4.78 is 5.33. The average molecular weight is 356 g/mol. The first-order chi connectivity index (χ1) is 12.7. The lowest BCUT2D eigenvalue weighted by molar-refractivity contribution is 0.0172. The molecular formula is C20H28N4O2. The second-order valence-electron chi connectivity index (χ2n) is 7.43. The molecule has 1 saturated heterocycles. The van der Waals surface area contributed by atoms with Gasteiger partial charge in [-0.25, -0.2) is 9.97 Å². The van der Waals surface area contributed by atoms with Gasteiger partial charge in [-0.05, 0) is 31.9 Å². The van der Waals surface area contributed by atoms with Crippen LogP contribution in [0, 0.1) is 6.92 Å². The van der Waals surface area contributed by atoms with E-state index in [0.717, 1.165) is 73.7 Å². The highest BCUT2D eigenvalue weighted by Crippen LogP contribution is 2.26. The van der Waals surface area contributed by atoms with E-state index >= 15 is 0 Å². The number of aromatic nitrogens is 2. The molecule has 6 heteroatoms. The van der Waals surface area contributed by atoms with E-state index in [1.807, 2.05) is 25.1 Å². The van der Waals surface area contributed by atoms with Crippen molar-refractivity contribution in [2.75, 3.05) is 38.2 Å². The van der Waals surface area contributed by atoms with Crippen LogP contribution in [0.3, 0.4) is 0 Å². The Hall–Kier alpha value is -1.92. The van der Waals surface area contributed by atoms with Crippen molar-refractivity contribution in [2.45, 2.75) is 44.8 Å². The predicted molar refractivity (Wildman–Crippen MR) is 103 cm³/mol. The van der Waals surface area contributed by atoms with Crippen molar-refractivity contribution >= 4 is 16.9 Å². The Kier molecular flexibility index (Phi) is 4.96. The van der Waals surface area contributed by atoms with Crippen molar-refractivity contribution in [1.29, 1.82) is 0 Å². The van der Waals surface area contributed by atoms with E-state index in [-0.39, 0.29) is 6.10 Å². The Balaban J connectivity index is 1.50. The largest absolute Gasteiger partial charge is 0.497 e. The topological polar surface area (TPSA) is 61.7 Å². The lowest BCUT2D eigenvalue weighted by atomic mass is 9.91. The number of aliphatic hydroxyl groups is 1. The van der Waals surface area contributed by atoms with Crippen molar-refractivity contribution in [3.8, 4) is 5.75 Å². The molecule has 2 aliphatic rings. The number of aryl methyl sites for hydroxylation is 1. The summed E-state index contributed by atoms with van der Waals surface area (Å²) in [6, 6.07) is 6.28. The van der Waals surface area contributed by atoms with Crippen LogP contribution in [0.1, 0.15) is 31.4 Å². The molecule has 1 aliphatic carbocycles. The Bertz CT molecular complexity index is 774. The molecule has 1 saturated carbocycles. The smallest absolute Gasteiger partial charge is 0.226 e. The molecule has 1 aromatic carbocycles. The van der Waals surface area contributed by atoms with Crippen molar-refractivity contribution in [3.05, 3.63) is 23.9 Å². The van der Waals surface area contributed by atoms with Gasteiger partial charge >= 0.3 is 0 Å². The first kappa shape index (κ1) is 17.5. The minimum absolute atomic E-state index is 0.165. The molecule has 4 rings (SSSR count). The fourth-order valence-electron chi connectivity index (χ4n) is 4.29. The van der Waals surface area contributed by atoms with Gasteiger partial charge in [0, 0.05) is 43.7 Å². The van der Waals surface area contributed by atoms with Gasteiger partial charge in [0.2, 0.25) is 5.95 Å². The molecule has 2 aromatic rings. The molecule has 26 heavy (non-hydrogen) atoms. The quantitative estimate of drug-likeness (QED) is 0.911. The maximum atomic E-state index is 10.3. The van der Waals surface area contributed by atoms with E-state index in [2.05, 4.69) is 9.80 Å². The lowest BCUT2D eigenvalue weighted by Crippen LogP contribution is -2.54. The van der Waals surface area contributed by atoms with Gasteiger partial charge < -0.3 is 14.7 Å². The number of methoxy groups -OCH3 is 1. The van der Waals surface area contributed by atoms with E-state index in [0.29, 0.717) is 6.04 Å². The lowest BCUT2D eigenvalue weighted by Gasteiger charge is -2.42. The number of benzene rings is 1. The summed E-state index contributed by atoms with van der Waals surface area (Å²) in [7, 11) is 1.68. The highest BCUT2D eigenvalue weighted by atomic mass is 16.5. The van der Waals surface area contributed by atoms with Gasteiger partial charge in [0.15, 0.2) is 0 Å². The average Bonchev–Trinajstić information content (AvgIpc) is 2.68. The summed E-state index contributed by atoms with van der Waals surface area (Å²) in [6.07, 6.45) is 4.29. The van der Waals surface area contributed by atoms with Crippen LogP contribution in [0.4, 0.5) is 5.95 Å². The normalized spacial score (nSPS) is 24.8. The van der Waals surface area contributed by atoms with Crippen LogP contribution in [0.2, 0.25) is 0 Å². The Morgan fingerprint density at radius 2 is 1.85 bits per heavy atom. The van der Waals surface area contributed by atoms with E-state index in [1.54, 1.807) is 7.11 Å². The second kappa shape index (κ2) is 7.37. The molecular weight excluding hydrogens is 328 g/mol. The summed E-state index contributed by atoms with van der Waals surface area (Å²) in [4.78, 5) is 14.2. The Morgan fingerprint density at radius 1 is 1.08 bits per heavy atom. The highest BCUT2D eigenvalue weighted by molar-refractivity contribution is 5.83. The molecule has 0 amide bonds. The number of rotatable bonds is 3. The molecule has 0 radical (unpaired) electrons. The maximum absolute atomic E-state index is 10.3. The molecule has 140 valence electrons. The number of piperazine rings is 1. The number of hydrogen-bond donors (Lipinski definition) is 1. The van der Waals surface area contributed by atoms with Crippen LogP contribution in [0.5, 0.6) is 5.75 Å². The second-order valence-corrected chi connectivity index (χ2v) is 7.43. The third-order valence-electron chi connectivity index (χ3n) is 5.84. The first-order valence-corrected chi connectivity index (χ1v) is 9.65. The standard InChI is InChI=1S/C20H28N4O2/c1-14-16-8-7-15(26-2)13-17(16)22-20(21-14)24-11-9-23(10-12-24)18-5-3-4-6-19(18)25/h7-8,13,18-19,25H,3-6,9-12H2,1-2H3/t18-,19-/m0/s1. The fraction of sp³-hybridized carbons (Fsp3) is 0.600. The number of fused-ring (bicyclic) bond motifs is 1. The summed E-state index contributed by atoms with van der Waals surface area (Å²) in [5.41, 5.74) is 1.93. The number of anilines is 1. The van der Waals surface area contributed by atoms with Gasteiger partial charge in [0.05, 0.1) is 24.4 Å². The molecule has 0 unspecified atom stereocenters. The van der Waals surface area contributed by atoms with Crippen molar-refractivity contribution in [1.82, 2.24) is 14.9 Å². The van der Waals surface area contributed by atoms with Gasteiger partial charge in [-0.15, -0.1) is 0 Å². The molecule has 0 spiro atoms. The van der Waals surface area contributed by atoms with Crippen LogP contribution >= 0.6 is 0 Å². The molecule has 6 nitrogen and oxygen atoms in total. The number of nitrogens with zero attached hydrogens (tertiary/aromatic N) is 4. The maximum Gasteiger partial charge on any atom is 0.226 e. The third kappa shape index (κ3) is 3.35. The highest BCUT2D eigenvalue weighted by Gasteiger charge is 2.31. The monoisotopic (exact) mass is 356 g/mol.